The Morgan fingerprint density at radius 1 is 1.20 bits per heavy atom. The minimum Gasteiger partial charge on any atom is -0.358 e. The number of hydrogen-bond acceptors (Lipinski definition) is 0. The molecule has 0 amide bonds. The lowest BCUT2D eigenvalue weighted by molar-refractivity contribution is 0.585. The minimum absolute atomic E-state index is 0.697. The lowest BCUT2D eigenvalue weighted by Gasteiger charge is -2.11. The van der Waals surface area contributed by atoms with E-state index < -0.39 is 0 Å². The predicted molar refractivity (Wildman–Crippen MR) is 66.2 cm³/mol. The van der Waals surface area contributed by atoms with Gasteiger partial charge in [-0.05, 0) is 36.3 Å². The summed E-state index contributed by atoms with van der Waals surface area (Å²) in [5, 5.41) is 1.34. The number of benzene rings is 1. The molecule has 1 nitrogen and oxygen atoms in total. The Bertz CT molecular complexity index is 395. The van der Waals surface area contributed by atoms with Crippen LogP contribution in [0.2, 0.25) is 0 Å². The van der Waals surface area contributed by atoms with Crippen molar-refractivity contribution in [1.82, 2.24) is 4.98 Å². The summed E-state index contributed by atoms with van der Waals surface area (Å²) >= 11 is 0. The fourth-order valence-corrected chi connectivity index (χ4v) is 2.24. The zero-order chi connectivity index (χ0) is 10.7. The average Bonchev–Trinajstić information content (AvgIpc) is 2.69. The molecule has 1 unspecified atom stereocenters. The normalized spacial score (nSPS) is 13.2. The van der Waals surface area contributed by atoms with Gasteiger partial charge in [-0.2, -0.15) is 0 Å². The van der Waals surface area contributed by atoms with E-state index in [9.17, 15) is 0 Å². The lowest BCUT2D eigenvalue weighted by Crippen LogP contribution is -1.96. The maximum Gasteiger partial charge on any atom is 0.0456 e. The van der Waals surface area contributed by atoms with Gasteiger partial charge in [0.2, 0.25) is 0 Å². The van der Waals surface area contributed by atoms with Crippen LogP contribution in [0.15, 0.2) is 30.3 Å². The maximum absolute atomic E-state index is 3.53. The van der Waals surface area contributed by atoms with Crippen molar-refractivity contribution >= 4 is 10.9 Å². The summed E-state index contributed by atoms with van der Waals surface area (Å²) in [6, 6.07) is 10.8. The second kappa shape index (κ2) is 4.52. The first kappa shape index (κ1) is 10.3. The second-order valence-electron chi connectivity index (χ2n) is 4.21. The smallest absolute Gasteiger partial charge is 0.0456 e. The third kappa shape index (κ3) is 2.06. The van der Waals surface area contributed by atoms with Crippen molar-refractivity contribution in [2.45, 2.75) is 39.0 Å². The summed E-state index contributed by atoms with van der Waals surface area (Å²) < 4.78 is 0. The van der Waals surface area contributed by atoms with Gasteiger partial charge >= 0.3 is 0 Å². The van der Waals surface area contributed by atoms with Gasteiger partial charge in [-0.3, -0.25) is 0 Å². The standard InChI is InChI=1S/C14H19N/c1-3-7-11(4-2)14-10-12-8-5-6-9-13(12)15-14/h5-6,8-11,15H,3-4,7H2,1-2H3. The number of nitrogens with one attached hydrogen (secondary N) is 1. The van der Waals surface area contributed by atoms with Crippen LogP contribution < -0.4 is 0 Å². The van der Waals surface area contributed by atoms with Gasteiger partial charge in [0.15, 0.2) is 0 Å². The topological polar surface area (TPSA) is 15.8 Å². The number of aromatic amines is 1. The van der Waals surface area contributed by atoms with Crippen LogP contribution in [-0.2, 0) is 0 Å². The number of H-pyrrole nitrogens is 1. The zero-order valence-corrected chi connectivity index (χ0v) is 9.59. The molecule has 0 aliphatic carbocycles. The minimum atomic E-state index is 0.697. The summed E-state index contributed by atoms with van der Waals surface area (Å²) in [6.45, 7) is 4.52. The zero-order valence-electron chi connectivity index (χ0n) is 9.59. The van der Waals surface area contributed by atoms with Crippen molar-refractivity contribution in [3.05, 3.63) is 36.0 Å². The highest BCUT2D eigenvalue weighted by atomic mass is 14.7. The Morgan fingerprint density at radius 2 is 2.00 bits per heavy atom. The largest absolute Gasteiger partial charge is 0.358 e. The van der Waals surface area contributed by atoms with E-state index in [0.717, 1.165) is 0 Å². The molecule has 0 aliphatic heterocycles. The predicted octanol–water partition coefficient (Wildman–Crippen LogP) is 4.46. The first-order valence-corrected chi connectivity index (χ1v) is 5.92. The monoisotopic (exact) mass is 201 g/mol. The summed E-state index contributed by atoms with van der Waals surface area (Å²) in [6.07, 6.45) is 3.76. The van der Waals surface area contributed by atoms with Crippen molar-refractivity contribution in [3.63, 3.8) is 0 Å². The van der Waals surface area contributed by atoms with E-state index in [4.69, 9.17) is 0 Å². The van der Waals surface area contributed by atoms with Crippen LogP contribution in [-0.4, -0.2) is 4.98 Å². The Kier molecular flexibility index (Phi) is 3.10. The number of aromatic nitrogens is 1. The van der Waals surface area contributed by atoms with Crippen molar-refractivity contribution < 1.29 is 0 Å². The molecule has 1 heteroatoms. The van der Waals surface area contributed by atoms with Gasteiger partial charge in [-0.15, -0.1) is 0 Å². The SMILES string of the molecule is CCCC(CC)c1cc2ccccc2[nH]1. The summed E-state index contributed by atoms with van der Waals surface area (Å²) in [5.41, 5.74) is 2.67. The molecule has 1 aromatic carbocycles. The molecule has 0 aliphatic rings. The van der Waals surface area contributed by atoms with Crippen molar-refractivity contribution in [2.24, 2.45) is 0 Å². The third-order valence-electron chi connectivity index (χ3n) is 3.12. The van der Waals surface area contributed by atoms with Crippen LogP contribution in [0, 0.1) is 0 Å². The van der Waals surface area contributed by atoms with E-state index in [0.29, 0.717) is 5.92 Å². The highest BCUT2D eigenvalue weighted by Gasteiger charge is 2.10. The Labute approximate surface area is 91.5 Å². The van der Waals surface area contributed by atoms with Gasteiger partial charge in [-0.1, -0.05) is 38.5 Å². The van der Waals surface area contributed by atoms with Crippen molar-refractivity contribution in [3.8, 4) is 0 Å². The molecule has 2 rings (SSSR count). The average molecular weight is 201 g/mol. The van der Waals surface area contributed by atoms with E-state index in [-0.39, 0.29) is 0 Å². The van der Waals surface area contributed by atoms with Crippen LogP contribution in [0.5, 0.6) is 0 Å². The molecular weight excluding hydrogens is 182 g/mol. The van der Waals surface area contributed by atoms with E-state index in [1.165, 1.54) is 35.9 Å². The van der Waals surface area contributed by atoms with Crippen LogP contribution in [0.4, 0.5) is 0 Å². The fourth-order valence-electron chi connectivity index (χ4n) is 2.24. The summed E-state index contributed by atoms with van der Waals surface area (Å²) in [7, 11) is 0. The molecule has 0 radical (unpaired) electrons. The van der Waals surface area contributed by atoms with Gasteiger partial charge < -0.3 is 4.98 Å². The van der Waals surface area contributed by atoms with Crippen molar-refractivity contribution in [1.29, 1.82) is 0 Å². The number of fused-ring (bicyclic) bond motifs is 1. The number of rotatable bonds is 4. The maximum atomic E-state index is 3.53. The Morgan fingerprint density at radius 3 is 2.67 bits per heavy atom. The molecule has 2 aromatic rings. The van der Waals surface area contributed by atoms with Gasteiger partial charge in [0.1, 0.15) is 0 Å². The van der Waals surface area contributed by atoms with Crippen LogP contribution >= 0.6 is 0 Å². The van der Waals surface area contributed by atoms with Crippen LogP contribution in [0.25, 0.3) is 10.9 Å². The van der Waals surface area contributed by atoms with E-state index in [1.54, 1.807) is 0 Å². The summed E-state index contributed by atoms with van der Waals surface area (Å²) in [4.78, 5) is 3.53. The third-order valence-corrected chi connectivity index (χ3v) is 3.12. The Balaban J connectivity index is 2.34. The molecule has 0 saturated heterocycles. The van der Waals surface area contributed by atoms with Crippen molar-refractivity contribution in [2.75, 3.05) is 0 Å². The number of hydrogen-bond donors (Lipinski definition) is 1. The molecule has 80 valence electrons. The van der Waals surface area contributed by atoms with Crippen LogP contribution in [0.1, 0.15) is 44.7 Å². The first-order chi connectivity index (χ1) is 7.35. The van der Waals surface area contributed by atoms with Crippen LogP contribution in [0.3, 0.4) is 0 Å². The molecular formula is C14H19N. The van der Waals surface area contributed by atoms with E-state index >= 15 is 0 Å². The highest BCUT2D eigenvalue weighted by Crippen LogP contribution is 2.27. The molecule has 0 fully saturated rings. The molecule has 1 heterocycles. The van der Waals surface area contributed by atoms with Gasteiger partial charge in [0, 0.05) is 11.2 Å². The molecule has 1 aromatic heterocycles. The quantitative estimate of drug-likeness (QED) is 0.751. The van der Waals surface area contributed by atoms with E-state index in [2.05, 4.69) is 49.2 Å². The van der Waals surface area contributed by atoms with Gasteiger partial charge in [0.25, 0.3) is 0 Å². The van der Waals surface area contributed by atoms with Gasteiger partial charge in [0.05, 0.1) is 0 Å². The fraction of sp³-hybridized carbons (Fsp3) is 0.429. The number of para-hydroxylation sites is 1. The first-order valence-electron chi connectivity index (χ1n) is 5.92. The van der Waals surface area contributed by atoms with Gasteiger partial charge in [-0.25, -0.2) is 0 Å². The lowest BCUT2D eigenvalue weighted by atomic mass is 9.97. The second-order valence-corrected chi connectivity index (χ2v) is 4.21. The molecule has 1 N–H and O–H groups in total. The molecule has 1 atom stereocenters. The Hall–Kier alpha value is -1.24. The van der Waals surface area contributed by atoms with E-state index in [1.807, 2.05) is 0 Å². The molecule has 0 bridgehead atoms. The molecule has 15 heavy (non-hydrogen) atoms. The molecule has 0 spiro atoms. The highest BCUT2D eigenvalue weighted by molar-refractivity contribution is 5.80. The molecule has 0 saturated carbocycles. The summed E-state index contributed by atoms with van der Waals surface area (Å²) in [5.74, 6) is 0.697.